The van der Waals surface area contributed by atoms with E-state index in [0.717, 1.165) is 24.3 Å². The van der Waals surface area contributed by atoms with Gasteiger partial charge in [0.25, 0.3) is 0 Å². The number of benzene rings is 2. The Morgan fingerprint density at radius 3 is 2.29 bits per heavy atom. The Hall–Kier alpha value is -2.22. The Morgan fingerprint density at radius 1 is 1.07 bits per heavy atom. The summed E-state index contributed by atoms with van der Waals surface area (Å²) in [7, 11) is 0. The van der Waals surface area contributed by atoms with E-state index >= 15 is 0 Å². The molecular formula is C26H34O2. The fourth-order valence-electron chi connectivity index (χ4n) is 4.34. The van der Waals surface area contributed by atoms with Crippen molar-refractivity contribution < 1.29 is 9.47 Å². The second kappa shape index (κ2) is 8.03. The Morgan fingerprint density at radius 2 is 1.71 bits per heavy atom. The second-order valence-corrected chi connectivity index (χ2v) is 9.06. The van der Waals surface area contributed by atoms with E-state index in [9.17, 15) is 0 Å². The van der Waals surface area contributed by atoms with E-state index in [1.54, 1.807) is 0 Å². The molecule has 0 amide bonds. The minimum atomic E-state index is -0.186. The zero-order valence-corrected chi connectivity index (χ0v) is 18.3. The quantitative estimate of drug-likeness (QED) is 0.485. The molecule has 0 bridgehead atoms. The Kier molecular flexibility index (Phi) is 5.88. The molecule has 2 heteroatoms. The van der Waals surface area contributed by atoms with Crippen molar-refractivity contribution >= 4 is 0 Å². The molecule has 0 aromatic heterocycles. The van der Waals surface area contributed by atoms with Gasteiger partial charge in [0.15, 0.2) is 0 Å². The van der Waals surface area contributed by atoms with Gasteiger partial charge in [-0.25, -0.2) is 0 Å². The molecule has 0 aliphatic carbocycles. The average molecular weight is 379 g/mol. The van der Waals surface area contributed by atoms with Crippen molar-refractivity contribution in [1.29, 1.82) is 0 Å². The molecule has 150 valence electrons. The first-order valence-corrected chi connectivity index (χ1v) is 10.4. The highest BCUT2D eigenvalue weighted by molar-refractivity contribution is 5.63. The summed E-state index contributed by atoms with van der Waals surface area (Å²) in [6, 6.07) is 10.4. The smallest absolute Gasteiger partial charge is 0.127 e. The molecule has 28 heavy (non-hydrogen) atoms. The van der Waals surface area contributed by atoms with Crippen molar-refractivity contribution in [3.63, 3.8) is 0 Å². The van der Waals surface area contributed by atoms with Gasteiger partial charge in [0, 0.05) is 28.7 Å². The molecule has 0 radical (unpaired) electrons. The lowest BCUT2D eigenvalue weighted by Gasteiger charge is -2.26. The molecule has 0 atom stereocenters. The third kappa shape index (κ3) is 3.97. The summed E-state index contributed by atoms with van der Waals surface area (Å²) in [4.78, 5) is 0. The summed E-state index contributed by atoms with van der Waals surface area (Å²) in [5, 5.41) is 0. The van der Waals surface area contributed by atoms with E-state index in [1.165, 1.54) is 27.8 Å². The molecule has 0 spiro atoms. The lowest BCUT2D eigenvalue weighted by Crippen LogP contribution is -2.25. The fraction of sp³-hybridized carbons (Fsp3) is 0.462. The number of hydrogen-bond donors (Lipinski definition) is 0. The Bertz CT molecular complexity index is 845. The van der Waals surface area contributed by atoms with Crippen LogP contribution in [-0.2, 0) is 19.4 Å². The molecule has 1 aliphatic heterocycles. The van der Waals surface area contributed by atoms with Gasteiger partial charge in [0.2, 0.25) is 0 Å². The molecule has 1 aliphatic rings. The van der Waals surface area contributed by atoms with Crippen molar-refractivity contribution in [3.05, 3.63) is 70.8 Å². The molecule has 0 saturated heterocycles. The van der Waals surface area contributed by atoms with Gasteiger partial charge >= 0.3 is 0 Å². The first-order valence-electron chi connectivity index (χ1n) is 10.4. The molecular weight excluding hydrogens is 344 g/mol. The van der Waals surface area contributed by atoms with Crippen molar-refractivity contribution in [1.82, 2.24) is 0 Å². The zero-order valence-electron chi connectivity index (χ0n) is 18.3. The van der Waals surface area contributed by atoms with Crippen LogP contribution in [0.4, 0.5) is 0 Å². The number of ether oxygens (including phenoxy) is 2. The number of allylic oxidation sites excluding steroid dienone is 1. The Balaban J connectivity index is 2.20. The summed E-state index contributed by atoms with van der Waals surface area (Å²) >= 11 is 0. The van der Waals surface area contributed by atoms with Crippen LogP contribution in [0.3, 0.4) is 0 Å². The van der Waals surface area contributed by atoms with E-state index in [1.807, 2.05) is 12.1 Å². The molecule has 0 unspecified atom stereocenters. The van der Waals surface area contributed by atoms with Crippen LogP contribution in [-0.4, -0.2) is 5.60 Å². The predicted molar refractivity (Wildman–Crippen MR) is 118 cm³/mol. The maximum atomic E-state index is 6.57. The van der Waals surface area contributed by atoms with Crippen LogP contribution in [0, 0.1) is 0 Å². The number of hydrogen-bond acceptors (Lipinski definition) is 2. The van der Waals surface area contributed by atoms with E-state index < -0.39 is 0 Å². The van der Waals surface area contributed by atoms with E-state index in [0.29, 0.717) is 18.4 Å². The van der Waals surface area contributed by atoms with Crippen LogP contribution in [0.5, 0.6) is 11.5 Å². The largest absolute Gasteiger partial charge is 0.488 e. The minimum Gasteiger partial charge on any atom is -0.488 e. The molecule has 2 aromatic carbocycles. The highest BCUT2D eigenvalue weighted by atomic mass is 16.5. The monoisotopic (exact) mass is 378 g/mol. The highest BCUT2D eigenvalue weighted by Crippen LogP contribution is 2.50. The maximum absolute atomic E-state index is 6.57. The lowest BCUT2D eigenvalue weighted by molar-refractivity contribution is 0.137. The number of fused-ring (bicyclic) bond motifs is 1. The fourth-order valence-corrected chi connectivity index (χ4v) is 4.34. The van der Waals surface area contributed by atoms with Crippen LogP contribution in [0.2, 0.25) is 0 Å². The van der Waals surface area contributed by atoms with Crippen molar-refractivity contribution in [2.75, 3.05) is 0 Å². The molecule has 3 rings (SSSR count). The van der Waals surface area contributed by atoms with Crippen LogP contribution in [0.15, 0.2) is 43.0 Å². The highest BCUT2D eigenvalue weighted by Gasteiger charge is 2.38. The van der Waals surface area contributed by atoms with Crippen molar-refractivity contribution in [2.24, 2.45) is 0 Å². The Labute approximate surface area is 170 Å². The first kappa shape index (κ1) is 20.5. The standard InChI is InChI=1S/C26H34O2/c1-8-12-20-22(17(2)3)25(27-16-19-13-10-9-11-14-19)23(18(4)5)21-15-26(6,7)28-24(20)21/h8-11,13-14,17-18H,1,12,15-16H2,2-7H3. The van der Waals surface area contributed by atoms with Gasteiger partial charge in [-0.05, 0) is 37.7 Å². The van der Waals surface area contributed by atoms with Crippen molar-refractivity contribution in [2.45, 2.75) is 78.4 Å². The SMILES string of the molecule is C=CCc1c2c(c(C(C)C)c(OCc3ccccc3)c1C(C)C)CC(C)(C)O2. The minimum absolute atomic E-state index is 0.186. The third-order valence-electron chi connectivity index (χ3n) is 5.40. The summed E-state index contributed by atoms with van der Waals surface area (Å²) < 4.78 is 13.0. The van der Waals surface area contributed by atoms with Gasteiger partial charge in [0.05, 0.1) is 0 Å². The summed E-state index contributed by atoms with van der Waals surface area (Å²) in [5.41, 5.74) is 6.16. The van der Waals surface area contributed by atoms with Crippen molar-refractivity contribution in [3.8, 4) is 11.5 Å². The predicted octanol–water partition coefficient (Wildman–Crippen LogP) is 6.95. The van der Waals surface area contributed by atoms with Gasteiger partial charge in [-0.2, -0.15) is 0 Å². The van der Waals surface area contributed by atoms with E-state index in [4.69, 9.17) is 9.47 Å². The molecule has 0 N–H and O–H groups in total. The first-order chi connectivity index (χ1) is 13.2. The topological polar surface area (TPSA) is 18.5 Å². The van der Waals surface area contributed by atoms with E-state index in [2.05, 4.69) is 72.4 Å². The van der Waals surface area contributed by atoms with Crippen LogP contribution in [0.1, 0.15) is 81.2 Å². The van der Waals surface area contributed by atoms with Crippen LogP contribution >= 0.6 is 0 Å². The normalized spacial score (nSPS) is 14.9. The summed E-state index contributed by atoms with van der Waals surface area (Å²) in [6.45, 7) is 17.9. The van der Waals surface area contributed by atoms with Gasteiger partial charge < -0.3 is 9.47 Å². The van der Waals surface area contributed by atoms with Gasteiger partial charge in [-0.15, -0.1) is 6.58 Å². The molecule has 2 aromatic rings. The lowest BCUT2D eigenvalue weighted by atomic mass is 9.83. The summed E-state index contributed by atoms with van der Waals surface area (Å²) in [5.74, 6) is 2.85. The number of rotatable bonds is 7. The van der Waals surface area contributed by atoms with E-state index in [-0.39, 0.29) is 5.60 Å². The maximum Gasteiger partial charge on any atom is 0.127 e. The van der Waals surface area contributed by atoms with Crippen LogP contribution in [0.25, 0.3) is 0 Å². The molecule has 0 fully saturated rings. The molecule has 2 nitrogen and oxygen atoms in total. The molecule has 1 heterocycles. The molecule has 0 saturated carbocycles. The van der Waals surface area contributed by atoms with Crippen LogP contribution < -0.4 is 9.47 Å². The average Bonchev–Trinajstić information content (AvgIpc) is 2.94. The zero-order chi connectivity index (χ0) is 20.5. The summed E-state index contributed by atoms with van der Waals surface area (Å²) in [6.07, 6.45) is 3.69. The second-order valence-electron chi connectivity index (χ2n) is 9.06. The van der Waals surface area contributed by atoms with Gasteiger partial charge in [-0.3, -0.25) is 0 Å². The van der Waals surface area contributed by atoms with Gasteiger partial charge in [0.1, 0.15) is 23.7 Å². The van der Waals surface area contributed by atoms with Gasteiger partial charge in [-0.1, -0.05) is 64.1 Å². The third-order valence-corrected chi connectivity index (χ3v) is 5.40.